The molecule has 0 amide bonds. The first kappa shape index (κ1) is 14.7. The van der Waals surface area contributed by atoms with E-state index in [2.05, 4.69) is 24.8 Å². The van der Waals surface area contributed by atoms with Gasteiger partial charge in [-0.2, -0.15) is 5.26 Å². The van der Waals surface area contributed by atoms with Gasteiger partial charge in [0.25, 0.3) is 0 Å². The van der Waals surface area contributed by atoms with Crippen molar-refractivity contribution in [1.29, 1.82) is 5.26 Å². The molecule has 0 spiro atoms. The van der Waals surface area contributed by atoms with Crippen LogP contribution in [0.25, 0.3) is 0 Å². The summed E-state index contributed by atoms with van der Waals surface area (Å²) >= 11 is 0. The van der Waals surface area contributed by atoms with Crippen molar-refractivity contribution < 1.29 is 9.47 Å². The van der Waals surface area contributed by atoms with Crippen molar-refractivity contribution in [2.24, 2.45) is 0 Å². The third kappa shape index (κ3) is 3.43. The topological polar surface area (TPSA) is 45.5 Å². The molecule has 1 aliphatic rings. The summed E-state index contributed by atoms with van der Waals surface area (Å²) in [7, 11) is 1.62. The molecule has 1 aromatic rings. The highest BCUT2D eigenvalue weighted by Crippen LogP contribution is 2.30. The molecule has 0 aliphatic carbocycles. The van der Waals surface area contributed by atoms with Gasteiger partial charge in [-0.1, -0.05) is 0 Å². The number of hydrogen-bond acceptors (Lipinski definition) is 4. The van der Waals surface area contributed by atoms with Crippen molar-refractivity contribution in [3.63, 3.8) is 0 Å². The lowest BCUT2D eigenvalue weighted by atomic mass is 10.1. The Morgan fingerprint density at radius 2 is 1.95 bits per heavy atom. The summed E-state index contributed by atoms with van der Waals surface area (Å²) in [5.74, 6) is 1.37. The number of rotatable bonds is 4. The highest BCUT2D eigenvalue weighted by molar-refractivity contribution is 5.46. The summed E-state index contributed by atoms with van der Waals surface area (Å²) in [5.41, 5.74) is 0.598. The fraction of sp³-hybridized carbons (Fsp3) is 0.562. The normalized spacial score (nSPS) is 16.9. The molecule has 0 bridgehead atoms. The molecule has 0 atom stereocenters. The van der Waals surface area contributed by atoms with Gasteiger partial charge in [0, 0.05) is 25.2 Å². The van der Waals surface area contributed by atoms with Crippen molar-refractivity contribution in [3.8, 4) is 17.6 Å². The second-order valence-electron chi connectivity index (χ2n) is 5.42. The molecule has 2 rings (SSSR count). The van der Waals surface area contributed by atoms with Gasteiger partial charge in [-0.25, -0.2) is 0 Å². The molecule has 20 heavy (non-hydrogen) atoms. The van der Waals surface area contributed by atoms with Crippen LogP contribution in [0.4, 0.5) is 0 Å². The van der Waals surface area contributed by atoms with Gasteiger partial charge in [0.1, 0.15) is 6.10 Å². The highest BCUT2D eigenvalue weighted by atomic mass is 16.5. The Kier molecular flexibility index (Phi) is 4.86. The minimum absolute atomic E-state index is 0.202. The molecule has 4 heteroatoms. The van der Waals surface area contributed by atoms with E-state index in [4.69, 9.17) is 14.7 Å². The van der Waals surface area contributed by atoms with Crippen LogP contribution in [0, 0.1) is 11.3 Å². The van der Waals surface area contributed by atoms with E-state index in [9.17, 15) is 0 Å². The molecule has 1 fully saturated rings. The van der Waals surface area contributed by atoms with E-state index in [0.717, 1.165) is 25.9 Å². The van der Waals surface area contributed by atoms with Gasteiger partial charge >= 0.3 is 0 Å². The maximum Gasteiger partial charge on any atom is 0.162 e. The molecule has 0 unspecified atom stereocenters. The van der Waals surface area contributed by atoms with Crippen LogP contribution in [-0.4, -0.2) is 37.2 Å². The minimum Gasteiger partial charge on any atom is -0.493 e. The largest absolute Gasteiger partial charge is 0.493 e. The van der Waals surface area contributed by atoms with Crippen LogP contribution < -0.4 is 9.47 Å². The number of ether oxygens (including phenoxy) is 2. The number of likely N-dealkylation sites (tertiary alicyclic amines) is 1. The Morgan fingerprint density at radius 3 is 2.50 bits per heavy atom. The van der Waals surface area contributed by atoms with Crippen molar-refractivity contribution in [2.45, 2.75) is 38.8 Å². The Morgan fingerprint density at radius 1 is 1.25 bits per heavy atom. The molecular formula is C16H22N2O2. The van der Waals surface area contributed by atoms with E-state index in [1.165, 1.54) is 0 Å². The Labute approximate surface area is 120 Å². The Bertz CT molecular complexity index is 486. The van der Waals surface area contributed by atoms with Gasteiger partial charge in [-0.3, -0.25) is 0 Å². The lowest BCUT2D eigenvalue weighted by Gasteiger charge is -2.34. The first-order valence-corrected chi connectivity index (χ1v) is 7.13. The van der Waals surface area contributed by atoms with E-state index >= 15 is 0 Å². The van der Waals surface area contributed by atoms with Crippen molar-refractivity contribution >= 4 is 0 Å². The summed E-state index contributed by atoms with van der Waals surface area (Å²) < 4.78 is 11.3. The fourth-order valence-corrected chi connectivity index (χ4v) is 2.53. The smallest absolute Gasteiger partial charge is 0.162 e. The molecule has 1 heterocycles. The average Bonchev–Trinajstić information content (AvgIpc) is 2.47. The summed E-state index contributed by atoms with van der Waals surface area (Å²) in [6.07, 6.45) is 2.23. The molecule has 4 nitrogen and oxygen atoms in total. The van der Waals surface area contributed by atoms with E-state index in [-0.39, 0.29) is 6.10 Å². The summed E-state index contributed by atoms with van der Waals surface area (Å²) in [5, 5.41) is 8.97. The molecule has 0 aromatic heterocycles. The Balaban J connectivity index is 2.02. The molecule has 0 saturated carbocycles. The van der Waals surface area contributed by atoms with Gasteiger partial charge in [0.05, 0.1) is 18.7 Å². The van der Waals surface area contributed by atoms with Crippen LogP contribution in [0.3, 0.4) is 0 Å². The second-order valence-corrected chi connectivity index (χ2v) is 5.42. The summed E-state index contributed by atoms with van der Waals surface area (Å²) in [6.45, 7) is 6.56. The third-order valence-electron chi connectivity index (χ3n) is 3.79. The number of piperidine rings is 1. The van der Waals surface area contributed by atoms with Crippen LogP contribution in [0.2, 0.25) is 0 Å². The Hall–Kier alpha value is -1.73. The first-order valence-electron chi connectivity index (χ1n) is 7.13. The van der Waals surface area contributed by atoms with Gasteiger partial charge in [-0.15, -0.1) is 0 Å². The van der Waals surface area contributed by atoms with Gasteiger partial charge in [-0.05, 0) is 38.8 Å². The van der Waals surface area contributed by atoms with Crippen LogP contribution in [0.1, 0.15) is 32.3 Å². The quantitative estimate of drug-likeness (QED) is 0.847. The zero-order valence-electron chi connectivity index (χ0n) is 12.4. The maximum atomic E-state index is 8.97. The first-order chi connectivity index (χ1) is 9.63. The van der Waals surface area contributed by atoms with Crippen LogP contribution in [0.5, 0.6) is 11.5 Å². The van der Waals surface area contributed by atoms with Crippen molar-refractivity contribution in [1.82, 2.24) is 4.90 Å². The lowest BCUT2D eigenvalue weighted by molar-refractivity contribution is 0.0823. The van der Waals surface area contributed by atoms with E-state index in [0.29, 0.717) is 23.1 Å². The minimum atomic E-state index is 0.202. The number of hydrogen-bond donors (Lipinski definition) is 0. The number of nitrogens with zero attached hydrogens (tertiary/aromatic N) is 2. The van der Waals surface area contributed by atoms with Gasteiger partial charge < -0.3 is 14.4 Å². The van der Waals surface area contributed by atoms with E-state index in [1.54, 1.807) is 25.3 Å². The third-order valence-corrected chi connectivity index (χ3v) is 3.79. The summed E-state index contributed by atoms with van der Waals surface area (Å²) in [4.78, 5) is 2.46. The van der Waals surface area contributed by atoms with E-state index < -0.39 is 0 Å². The average molecular weight is 274 g/mol. The molecule has 1 saturated heterocycles. The predicted octanol–water partition coefficient (Wildman–Crippen LogP) is 2.82. The zero-order chi connectivity index (χ0) is 14.5. The number of nitriles is 1. The standard InChI is InChI=1S/C16H22N2O2/c1-12(2)18-8-6-14(7-9-18)20-16-10-13(11-17)4-5-15(16)19-3/h4-5,10,12,14H,6-9H2,1-3H3. The zero-order valence-corrected chi connectivity index (χ0v) is 12.4. The maximum absolute atomic E-state index is 8.97. The molecular weight excluding hydrogens is 252 g/mol. The highest BCUT2D eigenvalue weighted by Gasteiger charge is 2.23. The second kappa shape index (κ2) is 6.62. The van der Waals surface area contributed by atoms with Crippen molar-refractivity contribution in [2.75, 3.05) is 20.2 Å². The summed E-state index contributed by atoms with van der Waals surface area (Å²) in [6, 6.07) is 8.01. The van der Waals surface area contributed by atoms with E-state index in [1.807, 2.05) is 0 Å². The predicted molar refractivity (Wildman–Crippen MR) is 78.1 cm³/mol. The van der Waals surface area contributed by atoms with Crippen LogP contribution >= 0.6 is 0 Å². The van der Waals surface area contributed by atoms with Crippen LogP contribution in [0.15, 0.2) is 18.2 Å². The number of benzene rings is 1. The van der Waals surface area contributed by atoms with Gasteiger partial charge in [0.2, 0.25) is 0 Å². The fourth-order valence-electron chi connectivity index (χ4n) is 2.53. The molecule has 1 aromatic carbocycles. The SMILES string of the molecule is COc1ccc(C#N)cc1OC1CCN(C(C)C)CC1. The van der Waals surface area contributed by atoms with Crippen molar-refractivity contribution in [3.05, 3.63) is 23.8 Å². The number of methoxy groups -OCH3 is 1. The molecule has 1 aliphatic heterocycles. The van der Waals surface area contributed by atoms with Gasteiger partial charge in [0.15, 0.2) is 11.5 Å². The van der Waals surface area contributed by atoms with Crippen LogP contribution in [-0.2, 0) is 0 Å². The lowest BCUT2D eigenvalue weighted by Crippen LogP contribution is -2.41. The molecule has 0 N–H and O–H groups in total. The molecule has 0 radical (unpaired) electrons. The monoisotopic (exact) mass is 274 g/mol. The molecule has 108 valence electrons.